The number of carbonyl (C=O) groups excluding carboxylic acids is 1. The Morgan fingerprint density at radius 1 is 1.00 bits per heavy atom. The van der Waals surface area contributed by atoms with E-state index < -0.39 is 0 Å². The van der Waals surface area contributed by atoms with Crippen molar-refractivity contribution in [3.05, 3.63) is 52.6 Å². The van der Waals surface area contributed by atoms with Crippen molar-refractivity contribution in [3.63, 3.8) is 0 Å². The minimum atomic E-state index is 0.249. The van der Waals surface area contributed by atoms with Crippen LogP contribution in [-0.4, -0.2) is 49.8 Å². The van der Waals surface area contributed by atoms with E-state index in [1.54, 1.807) is 32.7 Å². The molecule has 1 aliphatic rings. The van der Waals surface area contributed by atoms with Gasteiger partial charge < -0.3 is 23.7 Å². The number of ether oxygens (including phenoxy) is 3. The van der Waals surface area contributed by atoms with E-state index in [1.165, 1.54) is 0 Å². The minimum Gasteiger partial charge on any atom is -0.497 e. The van der Waals surface area contributed by atoms with E-state index in [2.05, 4.69) is 9.95 Å². The molecule has 0 N–H and O–H groups in total. The molecule has 7 nitrogen and oxygen atoms in total. The Bertz CT molecular complexity index is 1180. The third kappa shape index (κ3) is 5.06. The number of benzene rings is 2. The number of aromatic nitrogens is 1. The number of para-hydroxylation sites is 2. The summed E-state index contributed by atoms with van der Waals surface area (Å²) < 4.78 is 18.8. The summed E-state index contributed by atoms with van der Waals surface area (Å²) in [6.07, 6.45) is 2.44. The maximum absolute atomic E-state index is 12.0. The first-order valence-electron chi connectivity index (χ1n) is 11.0. The van der Waals surface area contributed by atoms with Crippen LogP contribution in [0, 0.1) is 0 Å². The zero-order valence-corrected chi connectivity index (χ0v) is 20.1. The number of methoxy groups -OCH3 is 3. The fourth-order valence-electron chi connectivity index (χ4n) is 4.05. The summed E-state index contributed by atoms with van der Waals surface area (Å²) in [7, 11) is 4.97. The minimum absolute atomic E-state index is 0.249. The van der Waals surface area contributed by atoms with Crippen LogP contribution in [0.4, 0.5) is 5.69 Å². The summed E-state index contributed by atoms with van der Waals surface area (Å²) >= 11 is 1.56. The number of rotatable bonds is 9. The molecule has 0 aliphatic carbocycles. The van der Waals surface area contributed by atoms with E-state index in [-0.39, 0.29) is 5.91 Å². The van der Waals surface area contributed by atoms with E-state index >= 15 is 0 Å². The fraction of sp³-hybridized carbons (Fsp3) is 0.360. The Morgan fingerprint density at radius 2 is 1.82 bits per heavy atom. The summed E-state index contributed by atoms with van der Waals surface area (Å²) in [5, 5.41) is 2.09. The van der Waals surface area contributed by atoms with Crippen LogP contribution in [0.5, 0.6) is 17.2 Å². The molecule has 1 amide bonds. The van der Waals surface area contributed by atoms with Gasteiger partial charge in [-0.05, 0) is 43.2 Å². The molecule has 3 aromatic rings. The SMILES string of the molecule is COc1ccc(OC)c(-c2csc(=Nc3ccccc3OC)n2CCCN2CCCC2=O)c1. The third-order valence-electron chi connectivity index (χ3n) is 5.76. The van der Waals surface area contributed by atoms with Gasteiger partial charge in [0.05, 0.1) is 27.0 Å². The van der Waals surface area contributed by atoms with Gasteiger partial charge in [-0.1, -0.05) is 12.1 Å². The van der Waals surface area contributed by atoms with E-state index in [1.807, 2.05) is 47.4 Å². The molecule has 4 rings (SSSR count). The zero-order valence-electron chi connectivity index (χ0n) is 19.2. The van der Waals surface area contributed by atoms with Gasteiger partial charge in [0.2, 0.25) is 5.91 Å². The molecule has 1 aliphatic heterocycles. The van der Waals surface area contributed by atoms with Crippen LogP contribution >= 0.6 is 11.3 Å². The number of thiazole rings is 1. The lowest BCUT2D eigenvalue weighted by Gasteiger charge is -2.17. The van der Waals surface area contributed by atoms with Gasteiger partial charge in [0.15, 0.2) is 4.80 Å². The highest BCUT2D eigenvalue weighted by Crippen LogP contribution is 2.34. The summed E-state index contributed by atoms with van der Waals surface area (Å²) in [4.78, 5) is 19.8. The fourth-order valence-corrected chi connectivity index (χ4v) is 4.99. The lowest BCUT2D eigenvalue weighted by molar-refractivity contribution is -0.127. The summed E-state index contributed by atoms with van der Waals surface area (Å²) in [6.45, 7) is 2.31. The Hall–Kier alpha value is -3.26. The average Bonchev–Trinajstić information content (AvgIpc) is 3.44. The molecule has 0 atom stereocenters. The van der Waals surface area contributed by atoms with Gasteiger partial charge in [0.25, 0.3) is 0 Å². The monoisotopic (exact) mass is 467 g/mol. The molecular formula is C25H29N3O4S. The molecule has 0 radical (unpaired) electrons. The molecule has 174 valence electrons. The van der Waals surface area contributed by atoms with Crippen molar-refractivity contribution >= 4 is 22.9 Å². The van der Waals surface area contributed by atoms with Crippen LogP contribution < -0.4 is 19.0 Å². The van der Waals surface area contributed by atoms with Gasteiger partial charge in [0.1, 0.15) is 22.9 Å². The second-order valence-electron chi connectivity index (χ2n) is 7.74. The van der Waals surface area contributed by atoms with E-state index in [0.717, 1.165) is 71.5 Å². The van der Waals surface area contributed by atoms with Crippen molar-refractivity contribution < 1.29 is 19.0 Å². The van der Waals surface area contributed by atoms with Crippen LogP contribution in [0.15, 0.2) is 52.8 Å². The Balaban J connectivity index is 1.75. The first-order valence-corrected chi connectivity index (χ1v) is 11.9. The van der Waals surface area contributed by atoms with Crippen LogP contribution in [0.3, 0.4) is 0 Å². The molecule has 2 aromatic carbocycles. The molecule has 8 heteroatoms. The lowest BCUT2D eigenvalue weighted by atomic mass is 10.1. The topological polar surface area (TPSA) is 65.3 Å². The number of carbonyl (C=O) groups is 1. The number of hydrogen-bond donors (Lipinski definition) is 0. The van der Waals surface area contributed by atoms with Gasteiger partial charge in [-0.2, -0.15) is 0 Å². The number of hydrogen-bond acceptors (Lipinski definition) is 6. The summed E-state index contributed by atoms with van der Waals surface area (Å²) in [5.41, 5.74) is 2.71. The number of nitrogens with zero attached hydrogens (tertiary/aromatic N) is 3. The van der Waals surface area contributed by atoms with Gasteiger partial charge in [-0.3, -0.25) is 4.79 Å². The van der Waals surface area contributed by atoms with Gasteiger partial charge >= 0.3 is 0 Å². The maximum Gasteiger partial charge on any atom is 0.222 e. The smallest absolute Gasteiger partial charge is 0.222 e. The second kappa shape index (κ2) is 10.6. The van der Waals surface area contributed by atoms with E-state index in [4.69, 9.17) is 19.2 Å². The molecular weight excluding hydrogens is 438 g/mol. The molecule has 1 saturated heterocycles. The normalized spacial score (nSPS) is 14.1. The van der Waals surface area contributed by atoms with Crippen molar-refractivity contribution in [1.82, 2.24) is 9.47 Å². The Labute approximate surface area is 197 Å². The first-order chi connectivity index (χ1) is 16.1. The Morgan fingerprint density at radius 3 is 2.55 bits per heavy atom. The highest BCUT2D eigenvalue weighted by molar-refractivity contribution is 7.07. The van der Waals surface area contributed by atoms with Crippen molar-refractivity contribution in [2.45, 2.75) is 25.8 Å². The molecule has 2 heterocycles. The predicted octanol–water partition coefficient (Wildman–Crippen LogP) is 4.49. The molecule has 1 aromatic heterocycles. The van der Waals surface area contributed by atoms with Gasteiger partial charge in [-0.25, -0.2) is 4.99 Å². The third-order valence-corrected chi connectivity index (χ3v) is 6.63. The largest absolute Gasteiger partial charge is 0.497 e. The van der Waals surface area contributed by atoms with Crippen molar-refractivity contribution in [3.8, 4) is 28.5 Å². The second-order valence-corrected chi connectivity index (χ2v) is 8.58. The highest BCUT2D eigenvalue weighted by atomic mass is 32.1. The van der Waals surface area contributed by atoms with Crippen LogP contribution in [0.25, 0.3) is 11.3 Å². The predicted molar refractivity (Wildman–Crippen MR) is 129 cm³/mol. The molecule has 33 heavy (non-hydrogen) atoms. The van der Waals surface area contributed by atoms with Crippen LogP contribution in [-0.2, 0) is 11.3 Å². The summed E-state index contributed by atoms with van der Waals surface area (Å²) in [6, 6.07) is 13.5. The maximum atomic E-state index is 12.0. The van der Waals surface area contributed by atoms with Gasteiger partial charge in [-0.15, -0.1) is 11.3 Å². The standard InChI is InChI=1S/C25H29N3O4S/c1-30-18-11-12-22(31-2)19(16-18)21-17-33-25(26-20-8-4-5-9-23(20)32-3)28(21)15-7-14-27-13-6-10-24(27)29/h4-5,8-9,11-12,16-17H,6-7,10,13-15H2,1-3H3. The van der Waals surface area contributed by atoms with Crippen molar-refractivity contribution in [2.75, 3.05) is 34.4 Å². The average molecular weight is 468 g/mol. The molecule has 0 saturated carbocycles. The van der Waals surface area contributed by atoms with Crippen LogP contribution in [0.2, 0.25) is 0 Å². The molecule has 1 fully saturated rings. The van der Waals surface area contributed by atoms with Crippen molar-refractivity contribution in [2.24, 2.45) is 4.99 Å². The molecule has 0 bridgehead atoms. The summed E-state index contributed by atoms with van der Waals surface area (Å²) in [5.74, 6) is 2.50. The van der Waals surface area contributed by atoms with E-state index in [0.29, 0.717) is 6.42 Å². The zero-order chi connectivity index (χ0) is 23.2. The quantitative estimate of drug-likeness (QED) is 0.465. The molecule has 0 unspecified atom stereocenters. The Kier molecular flexibility index (Phi) is 7.34. The number of amides is 1. The highest BCUT2D eigenvalue weighted by Gasteiger charge is 2.20. The molecule has 0 spiro atoms. The first kappa shape index (κ1) is 22.9. The van der Waals surface area contributed by atoms with E-state index in [9.17, 15) is 4.79 Å². The van der Waals surface area contributed by atoms with Crippen molar-refractivity contribution in [1.29, 1.82) is 0 Å². The lowest BCUT2D eigenvalue weighted by Crippen LogP contribution is -2.27. The number of likely N-dealkylation sites (tertiary alicyclic amines) is 1. The van der Waals surface area contributed by atoms with Gasteiger partial charge in [0, 0.05) is 37.0 Å². The van der Waals surface area contributed by atoms with Crippen LogP contribution in [0.1, 0.15) is 19.3 Å².